The summed E-state index contributed by atoms with van der Waals surface area (Å²) in [6.07, 6.45) is 7.25. The minimum atomic E-state index is 0.100. The third-order valence-corrected chi connectivity index (χ3v) is 2.09. The third kappa shape index (κ3) is 3.66. The summed E-state index contributed by atoms with van der Waals surface area (Å²) < 4.78 is 5.49. The highest BCUT2D eigenvalue weighted by molar-refractivity contribution is 5.52. The molecule has 3 heteroatoms. The molecular weight excluding hydrogens is 212 g/mol. The van der Waals surface area contributed by atoms with Gasteiger partial charge in [0.15, 0.2) is 0 Å². The normalized spacial score (nSPS) is 14.8. The molecule has 1 rings (SSSR count). The fraction of sp³-hybridized carbons (Fsp3) is 0.286. The highest BCUT2D eigenvalue weighted by atomic mass is 16.5. The lowest BCUT2D eigenvalue weighted by Crippen LogP contribution is -1.97. The van der Waals surface area contributed by atoms with Gasteiger partial charge in [0.1, 0.15) is 29.2 Å². The Balaban J connectivity index is 3.11. The quantitative estimate of drug-likeness (QED) is 0.678. The van der Waals surface area contributed by atoms with E-state index in [0.29, 0.717) is 23.0 Å². The average Bonchev–Trinajstić information content (AvgIpc) is 2.27. The van der Waals surface area contributed by atoms with Gasteiger partial charge in [0.2, 0.25) is 0 Å². The van der Waals surface area contributed by atoms with E-state index in [1.54, 1.807) is 19.1 Å². The molecule has 17 heavy (non-hydrogen) atoms. The molecule has 86 valence electrons. The van der Waals surface area contributed by atoms with Gasteiger partial charge in [0.05, 0.1) is 0 Å². The molecule has 0 aromatic rings. The second-order valence-corrected chi connectivity index (χ2v) is 4.06. The molecular formula is C14H14N2O. The van der Waals surface area contributed by atoms with Crippen LogP contribution in [0.2, 0.25) is 0 Å². The van der Waals surface area contributed by atoms with E-state index in [2.05, 4.69) is 13.8 Å². The Morgan fingerprint density at radius 3 is 2.47 bits per heavy atom. The third-order valence-electron chi connectivity index (χ3n) is 2.09. The standard InChI is InChI=1S/C14H14N2O/c1-10(2)4-5-14-7-12(6-11(3)17-14)13(8-15)9-16/h4-7,10H,1-3H3/b5-4+. The zero-order valence-corrected chi connectivity index (χ0v) is 10.2. The predicted octanol–water partition coefficient (Wildman–Crippen LogP) is 3.36. The molecule has 0 aromatic heterocycles. The second-order valence-electron chi connectivity index (χ2n) is 4.06. The van der Waals surface area contributed by atoms with Gasteiger partial charge in [-0.1, -0.05) is 19.9 Å². The SMILES string of the molecule is CC1=CC(=C(C#N)C#N)C=C(/C=C/C(C)C)O1. The lowest BCUT2D eigenvalue weighted by molar-refractivity contribution is 0.317. The van der Waals surface area contributed by atoms with Gasteiger partial charge in [0.25, 0.3) is 0 Å². The van der Waals surface area contributed by atoms with E-state index in [-0.39, 0.29) is 5.57 Å². The molecule has 0 unspecified atom stereocenters. The summed E-state index contributed by atoms with van der Waals surface area (Å²) >= 11 is 0. The van der Waals surface area contributed by atoms with Gasteiger partial charge in [-0.25, -0.2) is 0 Å². The van der Waals surface area contributed by atoms with Crippen LogP contribution in [0.4, 0.5) is 0 Å². The van der Waals surface area contributed by atoms with E-state index >= 15 is 0 Å². The summed E-state index contributed by atoms with van der Waals surface area (Å²) in [4.78, 5) is 0. The predicted molar refractivity (Wildman–Crippen MR) is 65.2 cm³/mol. The molecule has 3 nitrogen and oxygen atoms in total. The average molecular weight is 226 g/mol. The summed E-state index contributed by atoms with van der Waals surface area (Å²) in [5, 5.41) is 17.6. The summed E-state index contributed by atoms with van der Waals surface area (Å²) in [6, 6.07) is 3.75. The van der Waals surface area contributed by atoms with Gasteiger partial charge >= 0.3 is 0 Å². The van der Waals surface area contributed by atoms with Crippen molar-refractivity contribution in [2.24, 2.45) is 5.92 Å². The number of ether oxygens (including phenoxy) is 1. The fourth-order valence-corrected chi connectivity index (χ4v) is 1.33. The van der Waals surface area contributed by atoms with Crippen molar-refractivity contribution >= 4 is 0 Å². The maximum absolute atomic E-state index is 8.82. The monoisotopic (exact) mass is 226 g/mol. The Morgan fingerprint density at radius 2 is 1.94 bits per heavy atom. The number of nitrogens with zero attached hydrogens (tertiary/aromatic N) is 2. The van der Waals surface area contributed by atoms with E-state index in [4.69, 9.17) is 15.3 Å². The van der Waals surface area contributed by atoms with Gasteiger partial charge in [-0.3, -0.25) is 0 Å². The molecule has 0 amide bonds. The molecule has 0 aliphatic carbocycles. The van der Waals surface area contributed by atoms with Crippen LogP contribution in [0.15, 0.2) is 47.0 Å². The van der Waals surface area contributed by atoms with Crippen molar-refractivity contribution in [3.05, 3.63) is 47.0 Å². The van der Waals surface area contributed by atoms with Gasteiger partial charge in [-0.15, -0.1) is 0 Å². The minimum Gasteiger partial charge on any atom is -0.462 e. The molecule has 0 fully saturated rings. The van der Waals surface area contributed by atoms with Crippen molar-refractivity contribution in [2.45, 2.75) is 20.8 Å². The van der Waals surface area contributed by atoms with Crippen LogP contribution in [0.5, 0.6) is 0 Å². The maximum atomic E-state index is 8.82. The number of allylic oxidation sites excluding steroid dienone is 7. The van der Waals surface area contributed by atoms with Gasteiger partial charge in [0, 0.05) is 5.57 Å². The van der Waals surface area contributed by atoms with Crippen LogP contribution in [-0.4, -0.2) is 0 Å². The summed E-state index contributed by atoms with van der Waals surface area (Å²) in [5.41, 5.74) is 0.699. The molecule has 1 heterocycles. The first-order valence-electron chi connectivity index (χ1n) is 5.37. The fourth-order valence-electron chi connectivity index (χ4n) is 1.33. The number of hydrogen-bond acceptors (Lipinski definition) is 3. The molecule has 0 saturated carbocycles. The molecule has 1 aliphatic heterocycles. The van der Waals surface area contributed by atoms with Crippen molar-refractivity contribution in [3.8, 4) is 12.1 Å². The smallest absolute Gasteiger partial charge is 0.137 e. The van der Waals surface area contributed by atoms with E-state index in [0.717, 1.165) is 0 Å². The minimum absolute atomic E-state index is 0.100. The first kappa shape index (κ1) is 12.8. The molecule has 0 aromatic carbocycles. The van der Waals surface area contributed by atoms with Gasteiger partial charge < -0.3 is 4.74 Å². The van der Waals surface area contributed by atoms with Crippen molar-refractivity contribution in [1.82, 2.24) is 0 Å². The second kappa shape index (κ2) is 5.72. The lowest BCUT2D eigenvalue weighted by Gasteiger charge is -2.13. The highest BCUT2D eigenvalue weighted by Crippen LogP contribution is 2.22. The van der Waals surface area contributed by atoms with E-state index < -0.39 is 0 Å². The highest BCUT2D eigenvalue weighted by Gasteiger charge is 2.10. The van der Waals surface area contributed by atoms with E-state index in [9.17, 15) is 0 Å². The molecule has 0 bridgehead atoms. The maximum Gasteiger partial charge on any atom is 0.137 e. The molecule has 0 spiro atoms. The molecule has 0 saturated heterocycles. The summed E-state index contributed by atoms with van der Waals surface area (Å²) in [6.45, 7) is 5.92. The molecule has 1 aliphatic rings. The summed E-state index contributed by atoms with van der Waals surface area (Å²) in [7, 11) is 0. The first-order chi connectivity index (χ1) is 8.06. The van der Waals surface area contributed by atoms with Crippen LogP contribution in [0.1, 0.15) is 20.8 Å². The number of nitriles is 2. The van der Waals surface area contributed by atoms with E-state index in [1.165, 1.54) is 0 Å². The topological polar surface area (TPSA) is 56.8 Å². The Kier molecular flexibility index (Phi) is 4.31. The zero-order valence-electron chi connectivity index (χ0n) is 10.2. The van der Waals surface area contributed by atoms with Crippen molar-refractivity contribution < 1.29 is 4.74 Å². The molecule has 0 radical (unpaired) electrons. The summed E-state index contributed by atoms with van der Waals surface area (Å²) in [5.74, 6) is 1.75. The Morgan fingerprint density at radius 1 is 1.29 bits per heavy atom. The Bertz CT molecular complexity index is 489. The molecule has 0 N–H and O–H groups in total. The van der Waals surface area contributed by atoms with Crippen molar-refractivity contribution in [3.63, 3.8) is 0 Å². The van der Waals surface area contributed by atoms with Crippen LogP contribution >= 0.6 is 0 Å². The van der Waals surface area contributed by atoms with Crippen LogP contribution in [0, 0.1) is 28.6 Å². The Hall–Kier alpha value is -2.26. The number of hydrogen-bond donors (Lipinski definition) is 0. The lowest BCUT2D eigenvalue weighted by atomic mass is 10.1. The van der Waals surface area contributed by atoms with Crippen LogP contribution in [0.3, 0.4) is 0 Å². The zero-order chi connectivity index (χ0) is 12.8. The molecule has 0 atom stereocenters. The largest absolute Gasteiger partial charge is 0.462 e. The van der Waals surface area contributed by atoms with Crippen LogP contribution in [-0.2, 0) is 4.74 Å². The van der Waals surface area contributed by atoms with Crippen molar-refractivity contribution in [1.29, 1.82) is 10.5 Å². The first-order valence-corrected chi connectivity index (χ1v) is 5.37. The van der Waals surface area contributed by atoms with Crippen molar-refractivity contribution in [2.75, 3.05) is 0 Å². The van der Waals surface area contributed by atoms with Gasteiger partial charge in [-0.2, -0.15) is 10.5 Å². The van der Waals surface area contributed by atoms with Crippen LogP contribution < -0.4 is 0 Å². The Labute approximate surface area is 102 Å². The van der Waals surface area contributed by atoms with Gasteiger partial charge in [-0.05, 0) is 31.1 Å². The van der Waals surface area contributed by atoms with Crippen LogP contribution in [0.25, 0.3) is 0 Å². The van der Waals surface area contributed by atoms with E-state index in [1.807, 2.05) is 24.3 Å². The number of rotatable bonds is 2.